The van der Waals surface area contributed by atoms with E-state index in [0.29, 0.717) is 6.54 Å². The summed E-state index contributed by atoms with van der Waals surface area (Å²) in [7, 11) is 1.71. The molecular weight excluding hydrogens is 302 g/mol. The van der Waals surface area contributed by atoms with Gasteiger partial charge in [0.2, 0.25) is 0 Å². The first kappa shape index (κ1) is 18.3. The van der Waals surface area contributed by atoms with Crippen molar-refractivity contribution in [2.45, 2.75) is 39.8 Å². The van der Waals surface area contributed by atoms with Crippen LogP contribution in [0.25, 0.3) is 11.0 Å². The molecule has 6 nitrogen and oxygen atoms in total. The van der Waals surface area contributed by atoms with Crippen molar-refractivity contribution in [1.82, 2.24) is 20.2 Å². The van der Waals surface area contributed by atoms with Gasteiger partial charge in [0.25, 0.3) is 0 Å². The molecule has 2 rings (SSSR count). The fourth-order valence-corrected chi connectivity index (χ4v) is 2.44. The highest BCUT2D eigenvalue weighted by atomic mass is 16.5. The second-order valence-electron chi connectivity index (χ2n) is 6.39. The minimum absolute atomic E-state index is 0.264. The molecular formula is C18H29N5O. The van der Waals surface area contributed by atoms with E-state index in [0.717, 1.165) is 36.9 Å². The molecule has 0 spiro atoms. The number of guanidine groups is 1. The summed E-state index contributed by atoms with van der Waals surface area (Å²) in [5, 5.41) is 6.65. The highest BCUT2D eigenvalue weighted by Crippen LogP contribution is 2.14. The molecule has 1 heterocycles. The summed E-state index contributed by atoms with van der Waals surface area (Å²) < 4.78 is 7.65. The maximum absolute atomic E-state index is 5.42. The molecule has 0 radical (unpaired) electrons. The first-order valence-electron chi connectivity index (χ1n) is 8.46. The number of aliphatic imine (C=N–C) groups is 1. The Morgan fingerprint density at radius 1 is 1.29 bits per heavy atom. The maximum Gasteiger partial charge on any atom is 0.191 e. The third-order valence-corrected chi connectivity index (χ3v) is 3.99. The lowest BCUT2D eigenvalue weighted by molar-refractivity contribution is 0.0310. The number of hydrogen-bond donors (Lipinski definition) is 2. The number of rotatable bonds is 7. The van der Waals surface area contributed by atoms with Crippen molar-refractivity contribution in [1.29, 1.82) is 0 Å². The Morgan fingerprint density at radius 3 is 2.75 bits per heavy atom. The largest absolute Gasteiger partial charge is 0.377 e. The lowest BCUT2D eigenvalue weighted by Gasteiger charge is -2.21. The topological polar surface area (TPSA) is 63.5 Å². The van der Waals surface area contributed by atoms with Crippen LogP contribution < -0.4 is 10.6 Å². The fourth-order valence-electron chi connectivity index (χ4n) is 2.44. The molecule has 0 unspecified atom stereocenters. The van der Waals surface area contributed by atoms with Crippen LogP contribution in [0.5, 0.6) is 0 Å². The zero-order valence-corrected chi connectivity index (χ0v) is 15.4. The Hall–Kier alpha value is -2.08. The van der Waals surface area contributed by atoms with E-state index in [1.165, 1.54) is 5.52 Å². The molecule has 132 valence electrons. The third-order valence-electron chi connectivity index (χ3n) is 3.99. The zero-order valence-electron chi connectivity index (χ0n) is 15.4. The number of aromatic nitrogens is 2. The summed E-state index contributed by atoms with van der Waals surface area (Å²) in [4.78, 5) is 9.20. The molecule has 0 aliphatic rings. The molecule has 24 heavy (non-hydrogen) atoms. The van der Waals surface area contributed by atoms with Gasteiger partial charge in [0.05, 0.1) is 23.2 Å². The molecule has 2 N–H and O–H groups in total. The van der Waals surface area contributed by atoms with Gasteiger partial charge in [-0.25, -0.2) is 4.98 Å². The van der Waals surface area contributed by atoms with Crippen molar-refractivity contribution in [3.63, 3.8) is 0 Å². The average molecular weight is 331 g/mol. The number of imidazole rings is 1. The van der Waals surface area contributed by atoms with Crippen LogP contribution in [0.2, 0.25) is 0 Å². The molecule has 0 amide bonds. The second-order valence-corrected chi connectivity index (χ2v) is 6.39. The zero-order chi connectivity index (χ0) is 17.6. The predicted octanol–water partition coefficient (Wildman–Crippen LogP) is 2.32. The normalized spacial score (nSPS) is 12.6. The van der Waals surface area contributed by atoms with Crippen LogP contribution in [0.1, 0.15) is 26.6 Å². The highest BCUT2D eigenvalue weighted by molar-refractivity contribution is 5.80. The Labute approximate surface area is 144 Å². The summed E-state index contributed by atoms with van der Waals surface area (Å²) in [5.41, 5.74) is 1.94. The SMILES string of the molecule is CCNC(=NCC(C)(C)OC)NCCn1c(C)nc2ccccc21. The molecule has 2 aromatic rings. The number of methoxy groups -OCH3 is 1. The van der Waals surface area contributed by atoms with Crippen LogP contribution >= 0.6 is 0 Å². The Kier molecular flexibility index (Phi) is 6.20. The Balaban J connectivity index is 1.99. The Morgan fingerprint density at radius 2 is 2.04 bits per heavy atom. The van der Waals surface area contributed by atoms with Crippen molar-refractivity contribution < 1.29 is 4.74 Å². The van der Waals surface area contributed by atoms with E-state index >= 15 is 0 Å². The number of ether oxygens (including phenoxy) is 1. The van der Waals surface area contributed by atoms with Crippen molar-refractivity contribution in [3.8, 4) is 0 Å². The Bertz CT molecular complexity index is 690. The van der Waals surface area contributed by atoms with Crippen molar-refractivity contribution >= 4 is 17.0 Å². The highest BCUT2D eigenvalue weighted by Gasteiger charge is 2.15. The van der Waals surface area contributed by atoms with Gasteiger partial charge in [0.15, 0.2) is 5.96 Å². The summed E-state index contributed by atoms with van der Waals surface area (Å²) in [6.07, 6.45) is 0. The molecule has 1 aromatic carbocycles. The molecule has 0 fully saturated rings. The molecule has 0 aliphatic heterocycles. The lowest BCUT2D eigenvalue weighted by atomic mass is 10.1. The number of nitrogens with zero attached hydrogens (tertiary/aromatic N) is 3. The summed E-state index contributed by atoms with van der Waals surface area (Å²) in [6, 6.07) is 8.22. The smallest absolute Gasteiger partial charge is 0.191 e. The van der Waals surface area contributed by atoms with Crippen LogP contribution in [0.4, 0.5) is 0 Å². The van der Waals surface area contributed by atoms with E-state index in [1.807, 2.05) is 39.0 Å². The van der Waals surface area contributed by atoms with Crippen LogP contribution in [-0.2, 0) is 11.3 Å². The summed E-state index contributed by atoms with van der Waals surface area (Å²) >= 11 is 0. The molecule has 0 saturated carbocycles. The summed E-state index contributed by atoms with van der Waals surface area (Å²) in [6.45, 7) is 11.2. The van der Waals surface area contributed by atoms with Gasteiger partial charge in [-0.15, -0.1) is 0 Å². The minimum Gasteiger partial charge on any atom is -0.377 e. The number of nitrogens with one attached hydrogen (secondary N) is 2. The second kappa shape index (κ2) is 8.15. The molecule has 0 atom stereocenters. The van der Waals surface area contributed by atoms with Gasteiger partial charge in [-0.05, 0) is 39.8 Å². The van der Waals surface area contributed by atoms with Gasteiger partial charge in [0.1, 0.15) is 5.82 Å². The quantitative estimate of drug-likeness (QED) is 0.604. The van der Waals surface area contributed by atoms with Gasteiger partial charge in [-0.3, -0.25) is 4.99 Å². The molecule has 0 aliphatic carbocycles. The molecule has 0 bridgehead atoms. The van der Waals surface area contributed by atoms with E-state index in [-0.39, 0.29) is 5.60 Å². The molecule has 6 heteroatoms. The standard InChI is InChI=1S/C18H29N5O/c1-6-19-17(21-13-18(3,4)24-5)20-11-12-23-14(2)22-15-9-7-8-10-16(15)23/h7-10H,6,11-13H2,1-5H3,(H2,19,20,21). The fraction of sp³-hybridized carbons (Fsp3) is 0.556. The van der Waals surface area contributed by atoms with Crippen LogP contribution in [0.15, 0.2) is 29.3 Å². The first-order chi connectivity index (χ1) is 11.5. The van der Waals surface area contributed by atoms with Crippen molar-refractivity contribution in [2.24, 2.45) is 4.99 Å². The van der Waals surface area contributed by atoms with Crippen molar-refractivity contribution in [2.75, 3.05) is 26.7 Å². The van der Waals surface area contributed by atoms with Crippen molar-refractivity contribution in [3.05, 3.63) is 30.1 Å². The molecule has 1 aromatic heterocycles. The number of benzene rings is 1. The average Bonchev–Trinajstić information content (AvgIpc) is 2.88. The number of aryl methyl sites for hydroxylation is 1. The predicted molar refractivity (Wildman–Crippen MR) is 99.5 cm³/mol. The van der Waals surface area contributed by atoms with Gasteiger partial charge in [-0.2, -0.15) is 0 Å². The van der Waals surface area contributed by atoms with Gasteiger partial charge < -0.3 is 19.9 Å². The monoisotopic (exact) mass is 331 g/mol. The molecule has 0 saturated heterocycles. The number of para-hydroxylation sites is 2. The van der Waals surface area contributed by atoms with E-state index in [4.69, 9.17) is 4.74 Å². The third kappa shape index (κ3) is 4.71. The van der Waals surface area contributed by atoms with Gasteiger partial charge >= 0.3 is 0 Å². The minimum atomic E-state index is -0.264. The van der Waals surface area contributed by atoms with E-state index in [9.17, 15) is 0 Å². The maximum atomic E-state index is 5.42. The number of fused-ring (bicyclic) bond motifs is 1. The van der Waals surface area contributed by atoms with Crippen LogP contribution in [0.3, 0.4) is 0 Å². The van der Waals surface area contributed by atoms with Crippen LogP contribution in [-0.4, -0.2) is 47.9 Å². The summed E-state index contributed by atoms with van der Waals surface area (Å²) in [5.74, 6) is 1.84. The van der Waals surface area contributed by atoms with Crippen LogP contribution in [0, 0.1) is 6.92 Å². The van der Waals surface area contributed by atoms with Gasteiger partial charge in [-0.1, -0.05) is 12.1 Å². The lowest BCUT2D eigenvalue weighted by Crippen LogP contribution is -2.40. The number of hydrogen-bond acceptors (Lipinski definition) is 3. The van der Waals surface area contributed by atoms with E-state index < -0.39 is 0 Å². The van der Waals surface area contributed by atoms with Gasteiger partial charge in [0, 0.05) is 26.7 Å². The van der Waals surface area contributed by atoms with E-state index in [2.05, 4.69) is 38.2 Å². The van der Waals surface area contributed by atoms with E-state index in [1.54, 1.807) is 7.11 Å². The first-order valence-corrected chi connectivity index (χ1v) is 8.46.